The molecule has 2 heterocycles. The number of carbonyl (C=O) groups is 1. The molecule has 7 heteroatoms. The van der Waals surface area contributed by atoms with Gasteiger partial charge in [-0.2, -0.15) is 5.26 Å². The van der Waals surface area contributed by atoms with Crippen LogP contribution in [0, 0.1) is 11.3 Å². The van der Waals surface area contributed by atoms with E-state index < -0.39 is 0 Å². The van der Waals surface area contributed by atoms with Crippen LogP contribution in [-0.2, 0) is 6.54 Å². The molecule has 1 aliphatic rings. The van der Waals surface area contributed by atoms with E-state index in [2.05, 4.69) is 10.3 Å². The van der Waals surface area contributed by atoms with E-state index in [1.54, 1.807) is 29.2 Å². The number of hydrogen-bond acceptors (Lipinski definition) is 4. The Balaban J connectivity index is 1.43. The van der Waals surface area contributed by atoms with Gasteiger partial charge in [-0.05, 0) is 23.8 Å². The smallest absolute Gasteiger partial charge is 0.317 e. The van der Waals surface area contributed by atoms with Crippen LogP contribution in [0.2, 0.25) is 5.02 Å². The molecule has 3 rings (SSSR count). The predicted octanol–water partition coefficient (Wildman–Crippen LogP) is 2.58. The minimum atomic E-state index is -0.136. The number of rotatable bonds is 4. The molecule has 1 N–H and O–H groups in total. The van der Waals surface area contributed by atoms with Gasteiger partial charge in [0.25, 0.3) is 0 Å². The minimum absolute atomic E-state index is 0.104. The van der Waals surface area contributed by atoms with Gasteiger partial charge >= 0.3 is 6.03 Å². The van der Waals surface area contributed by atoms with Crippen molar-refractivity contribution in [2.75, 3.05) is 13.1 Å². The average molecular weight is 343 g/mol. The molecule has 2 aromatic rings. The van der Waals surface area contributed by atoms with E-state index in [0.29, 0.717) is 36.1 Å². The van der Waals surface area contributed by atoms with Gasteiger partial charge in [0.05, 0.1) is 24.7 Å². The quantitative estimate of drug-likeness (QED) is 0.926. The zero-order chi connectivity index (χ0) is 16.9. The molecule has 1 aromatic carbocycles. The molecule has 0 radical (unpaired) electrons. The highest BCUT2D eigenvalue weighted by atomic mass is 35.5. The third kappa shape index (κ3) is 3.94. The summed E-state index contributed by atoms with van der Waals surface area (Å²) in [4.78, 5) is 17.8. The lowest BCUT2D eigenvalue weighted by atomic mass is 10.2. The summed E-state index contributed by atoms with van der Waals surface area (Å²) in [6.07, 6.45) is 1.43. The zero-order valence-electron chi connectivity index (χ0n) is 12.8. The van der Waals surface area contributed by atoms with Crippen LogP contribution in [-0.4, -0.2) is 35.1 Å². The Morgan fingerprint density at radius 2 is 2.12 bits per heavy atom. The first-order chi connectivity index (χ1) is 11.6. The summed E-state index contributed by atoms with van der Waals surface area (Å²) in [5, 5.41) is 12.4. The monoisotopic (exact) mass is 342 g/mol. The molecule has 0 unspecified atom stereocenters. The first kappa shape index (κ1) is 16.1. The van der Waals surface area contributed by atoms with Crippen molar-refractivity contribution in [2.45, 2.75) is 12.6 Å². The summed E-state index contributed by atoms with van der Waals surface area (Å²) in [6, 6.07) is 12.4. The molecule has 0 atom stereocenters. The number of nitriles is 1. The van der Waals surface area contributed by atoms with E-state index in [1.165, 1.54) is 6.20 Å². The van der Waals surface area contributed by atoms with Gasteiger partial charge in [0.15, 0.2) is 0 Å². The van der Waals surface area contributed by atoms with Crippen molar-refractivity contribution < 1.29 is 9.53 Å². The number of hydrogen-bond donors (Lipinski definition) is 1. The molecule has 0 bridgehead atoms. The molecule has 1 aromatic heterocycles. The number of aromatic nitrogens is 1. The molecule has 0 saturated carbocycles. The molecule has 0 spiro atoms. The van der Waals surface area contributed by atoms with Crippen molar-refractivity contribution in [2.24, 2.45) is 0 Å². The van der Waals surface area contributed by atoms with Gasteiger partial charge < -0.3 is 15.0 Å². The summed E-state index contributed by atoms with van der Waals surface area (Å²) in [7, 11) is 0. The predicted molar refractivity (Wildman–Crippen MR) is 88.6 cm³/mol. The number of ether oxygens (including phenoxy) is 1. The van der Waals surface area contributed by atoms with Crippen molar-refractivity contribution in [3.8, 4) is 11.9 Å². The lowest BCUT2D eigenvalue weighted by Gasteiger charge is -2.38. The third-order valence-corrected chi connectivity index (χ3v) is 3.90. The highest BCUT2D eigenvalue weighted by molar-refractivity contribution is 6.30. The molecular formula is C17H15ClN4O2. The Kier molecular flexibility index (Phi) is 4.82. The van der Waals surface area contributed by atoms with Crippen LogP contribution in [0.25, 0.3) is 0 Å². The Morgan fingerprint density at radius 1 is 1.38 bits per heavy atom. The number of amides is 2. The number of benzene rings is 1. The second-order valence-electron chi connectivity index (χ2n) is 5.42. The van der Waals surface area contributed by atoms with Crippen LogP contribution in [0.4, 0.5) is 4.79 Å². The number of pyridine rings is 1. The number of halogens is 1. The fraction of sp³-hybridized carbons (Fsp3) is 0.235. The Morgan fingerprint density at radius 3 is 2.83 bits per heavy atom. The van der Waals surface area contributed by atoms with Crippen molar-refractivity contribution in [3.63, 3.8) is 0 Å². The van der Waals surface area contributed by atoms with E-state index in [4.69, 9.17) is 21.6 Å². The van der Waals surface area contributed by atoms with Gasteiger partial charge in [0.2, 0.25) is 5.88 Å². The average Bonchev–Trinajstić information content (AvgIpc) is 2.57. The van der Waals surface area contributed by atoms with Gasteiger partial charge in [-0.1, -0.05) is 23.7 Å². The number of nitrogens with zero attached hydrogens (tertiary/aromatic N) is 3. The lowest BCUT2D eigenvalue weighted by molar-refractivity contribution is 0.0413. The highest BCUT2D eigenvalue weighted by Crippen LogP contribution is 2.17. The Labute approximate surface area is 144 Å². The fourth-order valence-corrected chi connectivity index (χ4v) is 2.41. The maximum Gasteiger partial charge on any atom is 0.317 e. The molecule has 122 valence electrons. The van der Waals surface area contributed by atoms with E-state index in [9.17, 15) is 4.79 Å². The summed E-state index contributed by atoms with van der Waals surface area (Å²) < 4.78 is 5.65. The highest BCUT2D eigenvalue weighted by Gasteiger charge is 2.32. The maximum atomic E-state index is 12.0. The molecule has 1 saturated heterocycles. The molecule has 24 heavy (non-hydrogen) atoms. The molecule has 2 amide bonds. The molecule has 0 aliphatic carbocycles. The molecule has 1 fully saturated rings. The number of nitrogens with one attached hydrogen (secondary N) is 1. The van der Waals surface area contributed by atoms with Gasteiger partial charge in [-0.25, -0.2) is 9.78 Å². The van der Waals surface area contributed by atoms with Crippen LogP contribution in [0.3, 0.4) is 0 Å². The molecule has 6 nitrogen and oxygen atoms in total. The van der Waals surface area contributed by atoms with Crippen LogP contribution < -0.4 is 10.1 Å². The minimum Gasteiger partial charge on any atom is -0.471 e. The number of carbonyl (C=O) groups excluding carboxylic acids is 1. The molecule has 1 aliphatic heterocycles. The van der Waals surface area contributed by atoms with Crippen LogP contribution in [0.15, 0.2) is 42.6 Å². The second-order valence-corrected chi connectivity index (χ2v) is 5.86. The summed E-state index contributed by atoms with van der Waals surface area (Å²) in [5.41, 5.74) is 1.48. The normalized spacial score (nSPS) is 13.8. The SMILES string of the molecule is N#Cc1ccnc(OC2CN(C(=O)NCc3ccc(Cl)cc3)C2)c1. The number of urea groups is 1. The van der Waals surface area contributed by atoms with Crippen molar-refractivity contribution in [1.29, 1.82) is 5.26 Å². The van der Waals surface area contributed by atoms with Gasteiger partial charge in [0.1, 0.15) is 6.10 Å². The van der Waals surface area contributed by atoms with Crippen LogP contribution in [0.5, 0.6) is 5.88 Å². The zero-order valence-corrected chi connectivity index (χ0v) is 13.5. The van der Waals surface area contributed by atoms with Crippen LogP contribution >= 0.6 is 11.6 Å². The first-order valence-electron chi connectivity index (χ1n) is 7.44. The maximum absolute atomic E-state index is 12.0. The topological polar surface area (TPSA) is 78.2 Å². The summed E-state index contributed by atoms with van der Waals surface area (Å²) in [5.74, 6) is 0.403. The van der Waals surface area contributed by atoms with E-state index in [1.807, 2.05) is 18.2 Å². The lowest BCUT2D eigenvalue weighted by Crippen LogP contribution is -2.58. The van der Waals surface area contributed by atoms with Crippen LogP contribution in [0.1, 0.15) is 11.1 Å². The Hall–Kier alpha value is -2.78. The van der Waals surface area contributed by atoms with Gasteiger partial charge in [-0.15, -0.1) is 0 Å². The number of likely N-dealkylation sites (tertiary alicyclic amines) is 1. The summed E-state index contributed by atoms with van der Waals surface area (Å²) >= 11 is 5.83. The van der Waals surface area contributed by atoms with E-state index >= 15 is 0 Å². The Bertz CT molecular complexity index is 767. The summed E-state index contributed by atoms with van der Waals surface area (Å²) in [6.45, 7) is 1.43. The largest absolute Gasteiger partial charge is 0.471 e. The van der Waals surface area contributed by atoms with Gasteiger partial charge in [-0.3, -0.25) is 0 Å². The van der Waals surface area contributed by atoms with Crippen molar-refractivity contribution >= 4 is 17.6 Å². The van der Waals surface area contributed by atoms with E-state index in [-0.39, 0.29) is 12.1 Å². The second kappa shape index (κ2) is 7.20. The molecular weight excluding hydrogens is 328 g/mol. The van der Waals surface area contributed by atoms with Crippen molar-refractivity contribution in [3.05, 3.63) is 58.7 Å². The fourth-order valence-electron chi connectivity index (χ4n) is 2.28. The standard InChI is InChI=1S/C17H15ClN4O2/c18-14-3-1-12(2-4-14)9-21-17(23)22-10-15(11-22)24-16-7-13(8-19)5-6-20-16/h1-7,15H,9-11H2,(H,21,23). The van der Waals surface area contributed by atoms with E-state index in [0.717, 1.165) is 5.56 Å². The van der Waals surface area contributed by atoms with Gasteiger partial charge in [0, 0.05) is 23.8 Å². The first-order valence-corrected chi connectivity index (χ1v) is 7.82. The third-order valence-electron chi connectivity index (χ3n) is 3.64. The van der Waals surface area contributed by atoms with Crippen molar-refractivity contribution in [1.82, 2.24) is 15.2 Å².